The van der Waals surface area contributed by atoms with E-state index in [2.05, 4.69) is 5.32 Å². The Hall–Kier alpha value is -1.29. The average Bonchev–Trinajstić information content (AvgIpc) is 2.76. The largest absolute Gasteiger partial charge is 0.481 e. The van der Waals surface area contributed by atoms with Crippen molar-refractivity contribution in [3.8, 4) is 0 Å². The molecule has 2 aliphatic heterocycles. The van der Waals surface area contributed by atoms with Crippen molar-refractivity contribution in [3.05, 3.63) is 0 Å². The Bertz CT molecular complexity index is 601. The molecule has 0 aliphatic carbocycles. The number of piperidine rings is 2. The van der Waals surface area contributed by atoms with Crippen molar-refractivity contribution in [2.75, 3.05) is 26.2 Å². The van der Waals surface area contributed by atoms with Gasteiger partial charge in [0.1, 0.15) is 0 Å². The fourth-order valence-corrected chi connectivity index (χ4v) is 4.63. The third-order valence-electron chi connectivity index (χ3n) is 6.60. The van der Waals surface area contributed by atoms with E-state index >= 15 is 0 Å². The molecule has 2 aliphatic rings. The van der Waals surface area contributed by atoms with Crippen molar-refractivity contribution in [3.63, 3.8) is 0 Å². The Balaban J connectivity index is 0.00000512. The number of carbonyl (C=O) groups excluding carboxylic acids is 1. The molecule has 2 rings (SSSR count). The van der Waals surface area contributed by atoms with Gasteiger partial charge in [-0.05, 0) is 51.4 Å². The van der Waals surface area contributed by atoms with Crippen molar-refractivity contribution in [2.24, 2.45) is 5.73 Å². The standard InChI is InChI=1S/C22H41N5O4.2ClH/c1-3-16(4-2)25-19(15-20(28)29)21(30)27-11-6-5-7-17(27)10-14-31-18-8-12-26(13-9-18)22(23)24;;/h16-19,25H,3-15H2,1-2H3,(H3,23,24)(H,28,29);2*1H/t17?,19-;;/m0../s1. The summed E-state index contributed by atoms with van der Waals surface area (Å²) in [6.07, 6.45) is 7.14. The second-order valence-corrected chi connectivity index (χ2v) is 8.74. The number of nitrogens with two attached hydrogens (primary N) is 1. The van der Waals surface area contributed by atoms with E-state index in [-0.39, 0.29) is 61.3 Å². The van der Waals surface area contributed by atoms with Gasteiger partial charge < -0.3 is 30.7 Å². The van der Waals surface area contributed by atoms with E-state index in [1.54, 1.807) is 0 Å². The zero-order valence-electron chi connectivity index (χ0n) is 20.0. The Morgan fingerprint density at radius 3 is 2.30 bits per heavy atom. The number of halogens is 2. The Morgan fingerprint density at radius 1 is 1.12 bits per heavy atom. The number of hydrogen-bond donors (Lipinski definition) is 4. The van der Waals surface area contributed by atoms with Crippen LogP contribution in [-0.2, 0) is 14.3 Å². The third-order valence-corrected chi connectivity index (χ3v) is 6.60. The number of amides is 1. The van der Waals surface area contributed by atoms with Crippen molar-refractivity contribution in [1.29, 1.82) is 5.41 Å². The molecule has 11 heteroatoms. The van der Waals surface area contributed by atoms with E-state index in [1.165, 1.54) is 0 Å². The Morgan fingerprint density at radius 2 is 1.76 bits per heavy atom. The van der Waals surface area contributed by atoms with E-state index in [1.807, 2.05) is 23.6 Å². The van der Waals surface area contributed by atoms with E-state index in [0.717, 1.165) is 64.5 Å². The van der Waals surface area contributed by atoms with E-state index < -0.39 is 12.0 Å². The summed E-state index contributed by atoms with van der Waals surface area (Å²) < 4.78 is 6.08. The van der Waals surface area contributed by atoms with Gasteiger partial charge in [-0.1, -0.05) is 13.8 Å². The predicted octanol–water partition coefficient (Wildman–Crippen LogP) is 2.60. The normalized spacial score (nSPS) is 20.0. The van der Waals surface area contributed by atoms with Gasteiger partial charge in [0.05, 0.1) is 18.6 Å². The van der Waals surface area contributed by atoms with Gasteiger partial charge in [0.15, 0.2) is 5.96 Å². The summed E-state index contributed by atoms with van der Waals surface area (Å²) in [6.45, 7) is 6.85. The fourth-order valence-electron chi connectivity index (χ4n) is 4.63. The second-order valence-electron chi connectivity index (χ2n) is 8.74. The van der Waals surface area contributed by atoms with Gasteiger partial charge >= 0.3 is 5.97 Å². The van der Waals surface area contributed by atoms with Crippen LogP contribution < -0.4 is 11.1 Å². The summed E-state index contributed by atoms with van der Waals surface area (Å²) in [5, 5.41) is 20.1. The molecule has 5 N–H and O–H groups in total. The maximum Gasteiger partial charge on any atom is 0.305 e. The molecule has 0 saturated carbocycles. The highest BCUT2D eigenvalue weighted by Gasteiger charge is 2.33. The van der Waals surface area contributed by atoms with Gasteiger partial charge in [0.25, 0.3) is 0 Å². The number of nitrogens with zero attached hydrogens (tertiary/aromatic N) is 2. The number of aliphatic carboxylic acids is 1. The number of ether oxygens (including phenoxy) is 1. The lowest BCUT2D eigenvalue weighted by atomic mass is 9.97. The van der Waals surface area contributed by atoms with Gasteiger partial charge in [-0.3, -0.25) is 15.0 Å². The van der Waals surface area contributed by atoms with Crippen LogP contribution in [0.1, 0.15) is 71.6 Å². The number of guanidine groups is 1. The van der Waals surface area contributed by atoms with Crippen LogP contribution in [0.15, 0.2) is 0 Å². The zero-order chi connectivity index (χ0) is 22.8. The molecule has 2 atom stereocenters. The summed E-state index contributed by atoms with van der Waals surface area (Å²) in [7, 11) is 0. The molecule has 33 heavy (non-hydrogen) atoms. The number of carboxylic acids is 1. The first-order valence-electron chi connectivity index (χ1n) is 11.8. The first-order chi connectivity index (χ1) is 14.8. The molecule has 1 unspecified atom stereocenters. The summed E-state index contributed by atoms with van der Waals surface area (Å²) in [5.41, 5.74) is 5.55. The number of rotatable bonds is 11. The summed E-state index contributed by atoms with van der Waals surface area (Å²) in [4.78, 5) is 28.4. The minimum Gasteiger partial charge on any atom is -0.481 e. The summed E-state index contributed by atoms with van der Waals surface area (Å²) in [6, 6.07) is -0.445. The molecule has 1 amide bonds. The van der Waals surface area contributed by atoms with Gasteiger partial charge in [0, 0.05) is 38.3 Å². The van der Waals surface area contributed by atoms with Crippen molar-refractivity contribution < 1.29 is 19.4 Å². The van der Waals surface area contributed by atoms with E-state index in [4.69, 9.17) is 15.9 Å². The van der Waals surface area contributed by atoms with Crippen LogP contribution in [0.2, 0.25) is 0 Å². The molecular weight excluding hydrogens is 469 g/mol. The molecule has 0 spiro atoms. The monoisotopic (exact) mass is 511 g/mol. The number of hydrogen-bond acceptors (Lipinski definition) is 5. The minimum absolute atomic E-state index is 0. The maximum atomic E-state index is 13.3. The molecule has 0 radical (unpaired) electrons. The van der Waals surface area contributed by atoms with Crippen LogP contribution in [-0.4, -0.2) is 83.2 Å². The molecule has 2 fully saturated rings. The van der Waals surface area contributed by atoms with Gasteiger partial charge in [0.2, 0.25) is 5.91 Å². The lowest BCUT2D eigenvalue weighted by Crippen LogP contribution is -2.55. The van der Waals surface area contributed by atoms with E-state index in [0.29, 0.717) is 13.2 Å². The van der Waals surface area contributed by atoms with Crippen LogP contribution in [0, 0.1) is 5.41 Å². The molecule has 0 aromatic carbocycles. The van der Waals surface area contributed by atoms with E-state index in [9.17, 15) is 14.7 Å². The fraction of sp³-hybridized carbons (Fsp3) is 0.864. The van der Waals surface area contributed by atoms with Crippen LogP contribution in [0.5, 0.6) is 0 Å². The molecule has 0 aromatic heterocycles. The van der Waals surface area contributed by atoms with Crippen molar-refractivity contribution in [2.45, 2.75) is 95.9 Å². The molecule has 0 bridgehead atoms. The highest BCUT2D eigenvalue weighted by Crippen LogP contribution is 2.23. The van der Waals surface area contributed by atoms with Crippen LogP contribution in [0.4, 0.5) is 0 Å². The minimum atomic E-state index is -0.953. The van der Waals surface area contributed by atoms with Crippen molar-refractivity contribution in [1.82, 2.24) is 15.1 Å². The quantitative estimate of drug-likeness (QED) is 0.247. The molecular formula is C22H43Cl2N5O4. The van der Waals surface area contributed by atoms with Gasteiger partial charge in [-0.15, -0.1) is 24.8 Å². The van der Waals surface area contributed by atoms with Gasteiger partial charge in [-0.25, -0.2) is 0 Å². The second kappa shape index (κ2) is 16.4. The number of carboxylic acid groups (broad SMARTS) is 1. The average molecular weight is 513 g/mol. The van der Waals surface area contributed by atoms with Crippen LogP contribution in [0.25, 0.3) is 0 Å². The third kappa shape index (κ3) is 10.2. The molecule has 194 valence electrons. The molecule has 0 aromatic rings. The first kappa shape index (κ1) is 31.7. The highest BCUT2D eigenvalue weighted by atomic mass is 35.5. The van der Waals surface area contributed by atoms with Gasteiger partial charge in [-0.2, -0.15) is 0 Å². The number of carbonyl (C=O) groups is 2. The molecule has 2 heterocycles. The topological polar surface area (TPSA) is 132 Å². The zero-order valence-corrected chi connectivity index (χ0v) is 21.6. The highest BCUT2D eigenvalue weighted by molar-refractivity contribution is 5.86. The predicted molar refractivity (Wildman–Crippen MR) is 134 cm³/mol. The summed E-state index contributed by atoms with van der Waals surface area (Å²) in [5.74, 6) is -0.924. The smallest absolute Gasteiger partial charge is 0.305 e. The lowest BCUT2D eigenvalue weighted by Gasteiger charge is -2.39. The maximum absolute atomic E-state index is 13.3. The number of nitrogens with one attached hydrogen (secondary N) is 2. The molecule has 9 nitrogen and oxygen atoms in total. The Labute approximate surface area is 210 Å². The lowest BCUT2D eigenvalue weighted by molar-refractivity contribution is -0.145. The van der Waals surface area contributed by atoms with Crippen LogP contribution in [0.3, 0.4) is 0 Å². The number of likely N-dealkylation sites (tertiary alicyclic amines) is 2. The van der Waals surface area contributed by atoms with Crippen molar-refractivity contribution >= 4 is 42.7 Å². The first-order valence-corrected chi connectivity index (χ1v) is 11.8. The molecule has 2 saturated heterocycles. The summed E-state index contributed by atoms with van der Waals surface area (Å²) >= 11 is 0. The SMILES string of the molecule is CCC(CC)N[C@@H](CC(=O)O)C(=O)N1CCCCC1CCOC1CCN(C(=N)N)CC1.Cl.Cl. The Kier molecular flexibility index (Phi) is 15.7. The van der Waals surface area contributed by atoms with Crippen LogP contribution >= 0.6 is 24.8 Å².